The Kier molecular flexibility index (Phi) is 13.2. The quantitative estimate of drug-likeness (QED) is 0.189. The van der Waals surface area contributed by atoms with Crippen LogP contribution in [0.25, 0.3) is 11.1 Å². The van der Waals surface area contributed by atoms with Crippen LogP contribution in [-0.4, -0.2) is 70.5 Å². The van der Waals surface area contributed by atoms with E-state index in [0.29, 0.717) is 24.1 Å². The van der Waals surface area contributed by atoms with Crippen LogP contribution >= 0.6 is 11.6 Å². The first-order chi connectivity index (χ1) is 17.8. The Morgan fingerprint density at radius 2 is 1.71 bits per heavy atom. The van der Waals surface area contributed by atoms with Gasteiger partial charge in [-0.25, -0.2) is 9.37 Å². The van der Waals surface area contributed by atoms with Gasteiger partial charge in [-0.15, -0.1) is 0 Å². The normalized spacial score (nSPS) is 11.1. The first-order valence-corrected chi connectivity index (χ1v) is 12.2. The van der Waals surface area contributed by atoms with Gasteiger partial charge >= 0.3 is 35.5 Å². The van der Waals surface area contributed by atoms with Crippen LogP contribution in [-0.2, 0) is 14.4 Å². The van der Waals surface area contributed by atoms with Crippen molar-refractivity contribution < 1.29 is 23.9 Å². The first kappa shape index (κ1) is 31.2. The molecule has 0 radical (unpaired) electrons. The van der Waals surface area contributed by atoms with Gasteiger partial charge in [-0.2, -0.15) is 0 Å². The van der Waals surface area contributed by atoms with E-state index in [9.17, 15) is 23.9 Å². The molecular formula is C27H29ClFN4NaO4. The molecule has 0 fully saturated rings. The number of carbonyl (C=O) groups is 3. The number of amides is 2. The number of carbonyl (C=O) groups excluding carboxylic acids is 2. The number of aromatic nitrogens is 1. The number of hydrogen-bond acceptors (Lipinski definition) is 5. The van der Waals surface area contributed by atoms with E-state index in [-0.39, 0.29) is 59.9 Å². The molecule has 2 aromatic carbocycles. The zero-order valence-electron chi connectivity index (χ0n) is 20.0. The number of pyridine rings is 1. The molecule has 0 bridgehead atoms. The summed E-state index contributed by atoms with van der Waals surface area (Å²) in [6.07, 6.45) is 3.04. The Labute approximate surface area is 247 Å². The van der Waals surface area contributed by atoms with Gasteiger partial charge in [-0.05, 0) is 53.8 Å². The van der Waals surface area contributed by atoms with Crippen molar-refractivity contribution >= 4 is 64.8 Å². The zero-order valence-corrected chi connectivity index (χ0v) is 20.8. The molecule has 1 atom stereocenters. The summed E-state index contributed by atoms with van der Waals surface area (Å²) in [7, 11) is 0. The van der Waals surface area contributed by atoms with Crippen LogP contribution in [0, 0.1) is 5.82 Å². The van der Waals surface area contributed by atoms with Crippen molar-refractivity contribution in [1.82, 2.24) is 15.6 Å². The van der Waals surface area contributed by atoms with Gasteiger partial charge < -0.3 is 21.1 Å². The van der Waals surface area contributed by atoms with Gasteiger partial charge in [0.1, 0.15) is 11.6 Å². The summed E-state index contributed by atoms with van der Waals surface area (Å²) in [4.78, 5) is 40.0. The van der Waals surface area contributed by atoms with Crippen LogP contribution in [0.1, 0.15) is 37.3 Å². The van der Waals surface area contributed by atoms with Crippen LogP contribution in [0.15, 0.2) is 66.9 Å². The number of aliphatic carboxylic acids is 1. The van der Waals surface area contributed by atoms with E-state index >= 15 is 0 Å². The predicted molar refractivity (Wildman–Crippen MR) is 147 cm³/mol. The molecule has 0 aliphatic carbocycles. The SMILES string of the molecule is O=C(O)CC(NC(=O)CNC(=O)CCCCNc1ccccn1)c1ccc(-c2ccc(F)c(Cl)c2)cc1.[NaH]. The number of carboxylic acids is 1. The van der Waals surface area contributed by atoms with E-state index in [0.717, 1.165) is 17.8 Å². The van der Waals surface area contributed by atoms with Crippen molar-refractivity contribution in [3.63, 3.8) is 0 Å². The van der Waals surface area contributed by atoms with Crippen molar-refractivity contribution in [3.8, 4) is 11.1 Å². The molecule has 11 heteroatoms. The van der Waals surface area contributed by atoms with E-state index in [2.05, 4.69) is 20.9 Å². The number of anilines is 1. The van der Waals surface area contributed by atoms with Crippen molar-refractivity contribution in [3.05, 3.63) is 83.3 Å². The van der Waals surface area contributed by atoms with Crippen LogP contribution < -0.4 is 16.0 Å². The standard InChI is InChI=1S/C27H28ClFN4O4.Na.H/c28-21-15-20(11-12-22(21)29)18-7-9-19(10-8-18)23(16-27(36)37)33-26(35)17-32-25(34)6-2-4-14-31-24-5-1-3-13-30-24;;/h1,3,5,7-13,15,23H,2,4,6,14,16-17H2,(H,30,31)(H,32,34)(H,33,35)(H,36,37);;. The number of carboxylic acid groups (broad SMARTS) is 1. The molecule has 1 unspecified atom stereocenters. The van der Waals surface area contributed by atoms with Crippen molar-refractivity contribution in [2.45, 2.75) is 31.7 Å². The number of unbranched alkanes of at least 4 members (excludes halogenated alkanes) is 1. The minimum absolute atomic E-state index is 0. The van der Waals surface area contributed by atoms with Crippen molar-refractivity contribution in [1.29, 1.82) is 0 Å². The van der Waals surface area contributed by atoms with Crippen LogP contribution in [0.4, 0.5) is 10.2 Å². The summed E-state index contributed by atoms with van der Waals surface area (Å²) in [5.41, 5.74) is 2.04. The average Bonchev–Trinajstić information content (AvgIpc) is 2.89. The third kappa shape index (κ3) is 10.4. The van der Waals surface area contributed by atoms with E-state index in [1.165, 1.54) is 12.1 Å². The van der Waals surface area contributed by atoms with E-state index < -0.39 is 23.7 Å². The molecule has 0 aliphatic heterocycles. The monoisotopic (exact) mass is 550 g/mol. The number of nitrogens with zero attached hydrogens (tertiary/aromatic N) is 1. The fraction of sp³-hybridized carbons (Fsp3) is 0.259. The molecule has 0 saturated heterocycles. The van der Waals surface area contributed by atoms with Gasteiger partial charge in [-0.3, -0.25) is 14.4 Å². The van der Waals surface area contributed by atoms with Gasteiger partial charge in [0, 0.05) is 19.2 Å². The molecule has 0 aliphatic rings. The van der Waals surface area contributed by atoms with Gasteiger partial charge in [-0.1, -0.05) is 48.0 Å². The summed E-state index contributed by atoms with van der Waals surface area (Å²) < 4.78 is 13.4. The second-order valence-electron chi connectivity index (χ2n) is 8.34. The summed E-state index contributed by atoms with van der Waals surface area (Å²) in [5.74, 6) is -1.58. The van der Waals surface area contributed by atoms with Crippen LogP contribution in [0.2, 0.25) is 5.02 Å². The van der Waals surface area contributed by atoms with Crippen molar-refractivity contribution in [2.75, 3.05) is 18.4 Å². The van der Waals surface area contributed by atoms with E-state index in [1.54, 1.807) is 36.5 Å². The van der Waals surface area contributed by atoms with E-state index in [4.69, 9.17) is 11.6 Å². The summed E-state index contributed by atoms with van der Waals surface area (Å²) in [6, 6.07) is 16.0. The predicted octanol–water partition coefficient (Wildman–Crippen LogP) is 3.92. The van der Waals surface area contributed by atoms with Crippen LogP contribution in [0.5, 0.6) is 0 Å². The number of benzene rings is 2. The Morgan fingerprint density at radius 3 is 2.37 bits per heavy atom. The maximum atomic E-state index is 13.4. The minimum atomic E-state index is -1.08. The summed E-state index contributed by atoms with van der Waals surface area (Å²) in [6.45, 7) is 0.419. The molecule has 4 N–H and O–H groups in total. The number of nitrogens with one attached hydrogen (secondary N) is 3. The van der Waals surface area contributed by atoms with Gasteiger partial charge in [0.2, 0.25) is 11.8 Å². The Morgan fingerprint density at radius 1 is 0.974 bits per heavy atom. The summed E-state index contributed by atoms with van der Waals surface area (Å²) >= 11 is 5.85. The molecule has 3 aromatic rings. The Balaban J connectivity index is 0.00000507. The Bertz CT molecular complexity index is 1220. The molecule has 0 saturated carbocycles. The third-order valence-corrected chi connectivity index (χ3v) is 5.82. The second kappa shape index (κ2) is 16.1. The molecular weight excluding hydrogens is 522 g/mol. The number of hydrogen-bond donors (Lipinski definition) is 4. The average molecular weight is 551 g/mol. The number of halogens is 2. The van der Waals surface area contributed by atoms with Crippen molar-refractivity contribution in [2.24, 2.45) is 0 Å². The molecule has 196 valence electrons. The molecule has 0 spiro atoms. The maximum absolute atomic E-state index is 13.4. The summed E-state index contributed by atoms with van der Waals surface area (Å²) in [5, 5.41) is 17.7. The zero-order chi connectivity index (χ0) is 26.6. The van der Waals surface area contributed by atoms with Gasteiger partial charge in [0.05, 0.1) is 24.0 Å². The second-order valence-corrected chi connectivity index (χ2v) is 8.75. The molecule has 2 amide bonds. The molecule has 3 rings (SSSR count). The Hall–Kier alpha value is -2.98. The van der Waals surface area contributed by atoms with Crippen LogP contribution in [0.3, 0.4) is 0 Å². The fourth-order valence-electron chi connectivity index (χ4n) is 3.62. The van der Waals surface area contributed by atoms with Gasteiger partial charge in [0.25, 0.3) is 0 Å². The molecule has 1 heterocycles. The molecule has 8 nitrogen and oxygen atoms in total. The topological polar surface area (TPSA) is 120 Å². The molecule has 38 heavy (non-hydrogen) atoms. The van der Waals surface area contributed by atoms with Gasteiger partial charge in [0.15, 0.2) is 0 Å². The van der Waals surface area contributed by atoms with E-state index in [1.807, 2.05) is 18.2 Å². The fourth-order valence-corrected chi connectivity index (χ4v) is 3.80. The molecule has 1 aromatic heterocycles. The number of rotatable bonds is 13. The first-order valence-electron chi connectivity index (χ1n) is 11.8. The third-order valence-electron chi connectivity index (χ3n) is 5.53.